The van der Waals surface area contributed by atoms with Crippen LogP contribution in [0.5, 0.6) is 0 Å². The van der Waals surface area contributed by atoms with Crippen molar-refractivity contribution in [2.24, 2.45) is 0 Å². The molecule has 1 N–H and O–H groups in total. The number of rotatable bonds is 6. The molecular formula is C22H22N2O5S. The number of hydrogen-bond acceptors (Lipinski definition) is 6. The van der Waals surface area contributed by atoms with Gasteiger partial charge in [0.15, 0.2) is 15.6 Å². The largest absolute Gasteiger partial charge is 0.455 e. The highest BCUT2D eigenvalue weighted by molar-refractivity contribution is 7.90. The monoisotopic (exact) mass is 426 g/mol. The molecule has 0 spiro atoms. The maximum Gasteiger partial charge on any atom is 0.291 e. The Morgan fingerprint density at radius 3 is 2.40 bits per heavy atom. The highest BCUT2D eigenvalue weighted by Crippen LogP contribution is 2.27. The first-order valence-corrected chi connectivity index (χ1v) is 11.3. The molecule has 1 saturated heterocycles. The highest BCUT2D eigenvalue weighted by Gasteiger charge is 2.21. The summed E-state index contributed by atoms with van der Waals surface area (Å²) in [6.07, 6.45) is 0. The molecule has 0 radical (unpaired) electrons. The standard InChI is InChI=1S/C22H22N2O5S/c25-22(23-19-8-4-5-9-20(19)24-12-14-28-15-13-24)21-11-10-17(29-21)16-30(26,27)18-6-2-1-3-7-18/h1-11H,12-16H2,(H,23,25). The molecule has 1 aliphatic rings. The number of furan rings is 1. The van der Waals surface area contributed by atoms with Gasteiger partial charge in [-0.1, -0.05) is 30.3 Å². The zero-order valence-corrected chi connectivity index (χ0v) is 17.1. The lowest BCUT2D eigenvalue weighted by Crippen LogP contribution is -2.36. The fraction of sp³-hybridized carbons (Fsp3) is 0.227. The second-order valence-corrected chi connectivity index (χ2v) is 8.90. The van der Waals surface area contributed by atoms with E-state index < -0.39 is 15.7 Å². The summed E-state index contributed by atoms with van der Waals surface area (Å²) in [4.78, 5) is 15.1. The van der Waals surface area contributed by atoms with Gasteiger partial charge in [0, 0.05) is 13.1 Å². The molecule has 4 rings (SSSR count). The van der Waals surface area contributed by atoms with Crippen LogP contribution in [0.4, 0.5) is 11.4 Å². The van der Waals surface area contributed by atoms with Gasteiger partial charge in [-0.05, 0) is 36.4 Å². The number of anilines is 2. The minimum Gasteiger partial charge on any atom is -0.455 e. The first-order chi connectivity index (χ1) is 14.5. The van der Waals surface area contributed by atoms with Crippen LogP contribution in [0, 0.1) is 0 Å². The van der Waals surface area contributed by atoms with E-state index in [9.17, 15) is 13.2 Å². The number of para-hydroxylation sites is 2. The minimum absolute atomic E-state index is 0.0602. The first kappa shape index (κ1) is 20.2. The van der Waals surface area contributed by atoms with Crippen molar-refractivity contribution in [3.63, 3.8) is 0 Å². The van der Waals surface area contributed by atoms with Crippen LogP contribution in [0.15, 0.2) is 76.0 Å². The lowest BCUT2D eigenvalue weighted by Gasteiger charge is -2.30. The fourth-order valence-electron chi connectivity index (χ4n) is 3.32. The third kappa shape index (κ3) is 4.55. The van der Waals surface area contributed by atoms with Crippen LogP contribution in [0.3, 0.4) is 0 Å². The van der Waals surface area contributed by atoms with Gasteiger partial charge in [0.1, 0.15) is 11.5 Å². The van der Waals surface area contributed by atoms with Crippen molar-refractivity contribution in [3.05, 3.63) is 78.3 Å². The van der Waals surface area contributed by atoms with Crippen LogP contribution < -0.4 is 10.2 Å². The molecule has 156 valence electrons. The van der Waals surface area contributed by atoms with Crippen LogP contribution in [0.25, 0.3) is 0 Å². The van der Waals surface area contributed by atoms with Crippen LogP contribution in [-0.4, -0.2) is 40.6 Å². The molecule has 3 aromatic rings. The van der Waals surface area contributed by atoms with Gasteiger partial charge >= 0.3 is 0 Å². The summed E-state index contributed by atoms with van der Waals surface area (Å²) in [5.74, 6) is -0.469. The van der Waals surface area contributed by atoms with Crippen molar-refractivity contribution < 1.29 is 22.4 Å². The Morgan fingerprint density at radius 2 is 1.63 bits per heavy atom. The lowest BCUT2D eigenvalue weighted by molar-refractivity contribution is 0.0995. The molecule has 0 aliphatic carbocycles. The Balaban J connectivity index is 1.48. The zero-order valence-electron chi connectivity index (χ0n) is 16.3. The predicted molar refractivity (Wildman–Crippen MR) is 113 cm³/mol. The Morgan fingerprint density at radius 1 is 0.933 bits per heavy atom. The maximum atomic E-state index is 12.7. The number of amides is 1. The van der Waals surface area contributed by atoms with Crippen molar-refractivity contribution in [2.45, 2.75) is 10.6 Å². The number of hydrogen-bond donors (Lipinski definition) is 1. The van der Waals surface area contributed by atoms with E-state index in [1.165, 1.54) is 24.3 Å². The van der Waals surface area contributed by atoms with Gasteiger partial charge in [0.05, 0.1) is 29.5 Å². The van der Waals surface area contributed by atoms with Crippen molar-refractivity contribution in [2.75, 3.05) is 36.5 Å². The summed E-state index contributed by atoms with van der Waals surface area (Å²) < 4.78 is 36.0. The number of benzene rings is 2. The number of ether oxygens (including phenoxy) is 1. The number of nitrogens with zero attached hydrogens (tertiary/aromatic N) is 1. The average Bonchev–Trinajstić information content (AvgIpc) is 3.23. The van der Waals surface area contributed by atoms with Crippen LogP contribution in [-0.2, 0) is 20.3 Å². The average molecular weight is 426 g/mol. The van der Waals surface area contributed by atoms with Crippen molar-refractivity contribution in [1.29, 1.82) is 0 Å². The molecular weight excluding hydrogens is 404 g/mol. The van der Waals surface area contributed by atoms with E-state index in [4.69, 9.17) is 9.15 Å². The Kier molecular flexibility index (Phi) is 5.87. The Bertz CT molecular complexity index is 1120. The summed E-state index contributed by atoms with van der Waals surface area (Å²) in [6.45, 7) is 2.77. The number of sulfone groups is 1. The van der Waals surface area contributed by atoms with Crippen LogP contribution >= 0.6 is 0 Å². The Hall–Kier alpha value is -3.10. The van der Waals surface area contributed by atoms with Gasteiger partial charge < -0.3 is 19.4 Å². The van der Waals surface area contributed by atoms with Crippen molar-refractivity contribution in [1.82, 2.24) is 0 Å². The molecule has 1 fully saturated rings. The van der Waals surface area contributed by atoms with Gasteiger partial charge in [-0.25, -0.2) is 8.42 Å². The van der Waals surface area contributed by atoms with Gasteiger partial charge in [-0.15, -0.1) is 0 Å². The molecule has 1 amide bonds. The number of carbonyl (C=O) groups is 1. The molecule has 0 unspecified atom stereocenters. The highest BCUT2D eigenvalue weighted by atomic mass is 32.2. The second kappa shape index (κ2) is 8.73. The third-order valence-electron chi connectivity index (χ3n) is 4.82. The van der Waals surface area contributed by atoms with E-state index in [1.54, 1.807) is 18.2 Å². The molecule has 1 aliphatic heterocycles. The summed E-state index contributed by atoms with van der Waals surface area (Å²) in [5.41, 5.74) is 1.58. The molecule has 0 bridgehead atoms. The SMILES string of the molecule is O=C(Nc1ccccc1N1CCOCC1)c1ccc(CS(=O)(=O)c2ccccc2)o1. The normalized spacial score (nSPS) is 14.5. The van der Waals surface area contributed by atoms with Crippen molar-refractivity contribution >= 4 is 27.1 Å². The maximum absolute atomic E-state index is 12.7. The molecule has 1 aromatic heterocycles. The summed E-state index contributed by atoms with van der Waals surface area (Å²) in [5, 5.41) is 2.87. The molecule has 7 nitrogen and oxygen atoms in total. The topological polar surface area (TPSA) is 88.9 Å². The molecule has 8 heteroatoms. The van der Waals surface area contributed by atoms with Crippen molar-refractivity contribution in [3.8, 4) is 0 Å². The molecule has 2 aromatic carbocycles. The molecule has 0 saturated carbocycles. The fourth-order valence-corrected chi connectivity index (χ4v) is 4.59. The van der Waals surface area contributed by atoms with E-state index in [1.807, 2.05) is 24.3 Å². The second-order valence-electron chi connectivity index (χ2n) is 6.91. The molecule has 0 atom stereocenters. The predicted octanol–water partition coefficient (Wildman–Crippen LogP) is 3.34. The summed E-state index contributed by atoms with van der Waals surface area (Å²) in [6, 6.07) is 18.7. The summed E-state index contributed by atoms with van der Waals surface area (Å²) >= 11 is 0. The Labute approximate surface area is 175 Å². The van der Waals surface area contributed by atoms with E-state index in [2.05, 4.69) is 10.2 Å². The minimum atomic E-state index is -3.55. The van der Waals surface area contributed by atoms with E-state index in [0.717, 1.165) is 18.8 Å². The quantitative estimate of drug-likeness (QED) is 0.650. The zero-order chi connectivity index (χ0) is 21.0. The van der Waals surface area contributed by atoms with Gasteiger partial charge in [-0.2, -0.15) is 0 Å². The number of carbonyl (C=O) groups excluding carboxylic acids is 1. The first-order valence-electron chi connectivity index (χ1n) is 9.62. The molecule has 2 heterocycles. The van der Waals surface area contributed by atoms with Gasteiger partial charge in [-0.3, -0.25) is 4.79 Å². The number of morpholine rings is 1. The number of nitrogens with one attached hydrogen (secondary N) is 1. The van der Waals surface area contributed by atoms with Gasteiger partial charge in [0.25, 0.3) is 5.91 Å². The van der Waals surface area contributed by atoms with E-state index >= 15 is 0 Å². The van der Waals surface area contributed by atoms with E-state index in [0.29, 0.717) is 18.9 Å². The summed E-state index contributed by atoms with van der Waals surface area (Å²) in [7, 11) is -3.55. The lowest BCUT2D eigenvalue weighted by atomic mass is 10.2. The van der Waals surface area contributed by atoms with Gasteiger partial charge in [0.2, 0.25) is 0 Å². The van der Waals surface area contributed by atoms with Crippen LogP contribution in [0.1, 0.15) is 16.3 Å². The van der Waals surface area contributed by atoms with E-state index in [-0.39, 0.29) is 22.2 Å². The van der Waals surface area contributed by atoms with Crippen LogP contribution in [0.2, 0.25) is 0 Å². The third-order valence-corrected chi connectivity index (χ3v) is 6.48. The molecule has 30 heavy (non-hydrogen) atoms. The smallest absolute Gasteiger partial charge is 0.291 e.